The van der Waals surface area contributed by atoms with Crippen LogP contribution >= 0.6 is 0 Å². The van der Waals surface area contributed by atoms with E-state index < -0.39 is 88.8 Å². The number of aliphatic hydroxyl groups excluding tert-OH is 2. The molecule has 272 valence electrons. The van der Waals surface area contributed by atoms with Crippen LogP contribution in [0.5, 0.6) is 23.0 Å². The number of rotatable bonds is 2. The lowest BCUT2D eigenvalue weighted by Crippen LogP contribution is -2.46. The maximum absolute atomic E-state index is 13.9. The van der Waals surface area contributed by atoms with Gasteiger partial charge in [-0.2, -0.15) is 0 Å². The summed E-state index contributed by atoms with van der Waals surface area (Å²) >= 11 is 0. The number of carbonyl (C=O) groups is 3. The molecule has 0 saturated carbocycles. The van der Waals surface area contributed by atoms with Crippen LogP contribution in [0.3, 0.4) is 0 Å². The number of phenolic OH excluding ortho intramolecular Hbond substituents is 3. The van der Waals surface area contributed by atoms with Crippen LogP contribution in [0.4, 0.5) is 5.69 Å². The Morgan fingerprint density at radius 3 is 2.22 bits per heavy atom. The van der Waals surface area contributed by atoms with Crippen LogP contribution < -0.4 is 10.1 Å². The minimum atomic E-state index is -1.98. The molecule has 5 rings (SSSR count). The number of phenols is 3. The molecule has 0 aliphatic carbocycles. The third-order valence-corrected chi connectivity index (χ3v) is 9.84. The fourth-order valence-electron chi connectivity index (χ4n) is 6.65. The Hall–Kier alpha value is -4.59. The van der Waals surface area contributed by atoms with E-state index in [1.165, 1.54) is 53.2 Å². The molecule has 1 amide bonds. The van der Waals surface area contributed by atoms with Crippen molar-refractivity contribution in [1.29, 1.82) is 0 Å². The maximum Gasteiger partial charge on any atom is 0.312 e. The maximum atomic E-state index is 13.9. The van der Waals surface area contributed by atoms with Crippen LogP contribution in [-0.2, 0) is 23.8 Å². The summed E-state index contributed by atoms with van der Waals surface area (Å²) in [6.07, 6.45) is 3.62. The number of methoxy groups -OCH3 is 1. The van der Waals surface area contributed by atoms with Crippen molar-refractivity contribution in [3.8, 4) is 23.0 Å². The average Bonchev–Trinajstić information content (AvgIpc) is 3.33. The highest BCUT2D eigenvalue weighted by Crippen LogP contribution is 2.53. The zero-order valence-corrected chi connectivity index (χ0v) is 29.7. The van der Waals surface area contributed by atoms with Gasteiger partial charge >= 0.3 is 11.8 Å². The van der Waals surface area contributed by atoms with Crippen LogP contribution in [-0.4, -0.2) is 80.5 Å². The van der Waals surface area contributed by atoms with E-state index in [0.717, 1.165) is 6.07 Å². The number of allylic oxidation sites excluding steroid dienone is 2. The lowest BCUT2D eigenvalue weighted by Gasteiger charge is -2.38. The van der Waals surface area contributed by atoms with Crippen LogP contribution in [0.2, 0.25) is 0 Å². The van der Waals surface area contributed by atoms with Gasteiger partial charge in [-0.25, -0.2) is 0 Å². The number of hydrogen-bond donors (Lipinski definition) is 6. The molecule has 3 aliphatic heterocycles. The van der Waals surface area contributed by atoms with E-state index in [4.69, 9.17) is 18.9 Å². The molecule has 0 spiro atoms. The van der Waals surface area contributed by atoms with E-state index >= 15 is 0 Å². The predicted octanol–water partition coefficient (Wildman–Crippen LogP) is 4.75. The van der Waals surface area contributed by atoms with Gasteiger partial charge in [0.1, 0.15) is 23.4 Å². The second-order valence-electron chi connectivity index (χ2n) is 13.4. The van der Waals surface area contributed by atoms with Crippen molar-refractivity contribution < 1.29 is 58.9 Å². The Labute approximate surface area is 290 Å². The number of aromatic hydroxyl groups is 3. The molecule has 0 radical (unpaired) electrons. The van der Waals surface area contributed by atoms with Gasteiger partial charge in [-0.3, -0.25) is 14.4 Å². The quantitative estimate of drug-likeness (QED) is 0.143. The van der Waals surface area contributed by atoms with E-state index in [0.29, 0.717) is 0 Å². The minimum absolute atomic E-state index is 0.0709. The molecule has 0 saturated heterocycles. The predicted molar refractivity (Wildman–Crippen MR) is 184 cm³/mol. The first-order chi connectivity index (χ1) is 23.4. The molecule has 6 N–H and O–H groups in total. The van der Waals surface area contributed by atoms with Gasteiger partial charge in [0.25, 0.3) is 11.7 Å². The number of amides is 1. The fourth-order valence-corrected chi connectivity index (χ4v) is 6.65. The molecule has 9 atom stereocenters. The van der Waals surface area contributed by atoms with Crippen LogP contribution in [0.15, 0.2) is 42.2 Å². The molecule has 3 heterocycles. The SMILES string of the molecule is CO[C@H]1/C=C/O[C@@]2(C)Oc3c(C)c(O)c4c(O)c(cc(O)c4c3C2=O)NC(=O)/C(C)=C\C=C\[C@H](C)[C@H](O)[C@@H](C)[C@@H](O)[C@H](C)[C@H](OC(C)=O)[C@@H]1C. The number of ketones is 1. The third kappa shape index (κ3) is 7.03. The molecule has 2 aromatic carbocycles. The Bertz CT molecular complexity index is 1760. The van der Waals surface area contributed by atoms with Gasteiger partial charge in [-0.05, 0) is 19.9 Å². The first-order valence-corrected chi connectivity index (χ1v) is 16.4. The number of benzene rings is 2. The zero-order chi connectivity index (χ0) is 37.4. The van der Waals surface area contributed by atoms with Crippen LogP contribution in [0.1, 0.15) is 64.4 Å². The van der Waals surface area contributed by atoms with Crippen molar-refractivity contribution in [2.24, 2.45) is 23.7 Å². The summed E-state index contributed by atoms with van der Waals surface area (Å²) < 4.78 is 23.2. The van der Waals surface area contributed by atoms with Gasteiger partial charge in [-0.1, -0.05) is 45.9 Å². The summed E-state index contributed by atoms with van der Waals surface area (Å²) in [5, 5.41) is 58.2. The Kier molecular flexibility index (Phi) is 11.2. The lowest BCUT2D eigenvalue weighted by molar-refractivity contribution is -0.160. The monoisotopic (exact) mass is 697 g/mol. The van der Waals surface area contributed by atoms with Crippen molar-refractivity contribution in [3.05, 3.63) is 53.3 Å². The van der Waals surface area contributed by atoms with Gasteiger partial charge in [-0.15, -0.1) is 0 Å². The van der Waals surface area contributed by atoms with Gasteiger partial charge < -0.3 is 49.8 Å². The van der Waals surface area contributed by atoms with Gasteiger partial charge in [0, 0.05) is 67.2 Å². The van der Waals surface area contributed by atoms with Crippen molar-refractivity contribution >= 4 is 34.1 Å². The first kappa shape index (κ1) is 38.2. The average molecular weight is 698 g/mol. The molecule has 50 heavy (non-hydrogen) atoms. The third-order valence-electron chi connectivity index (χ3n) is 9.84. The molecule has 13 nitrogen and oxygen atoms in total. The fraction of sp³-hybridized carbons (Fsp3) is 0.486. The summed E-state index contributed by atoms with van der Waals surface area (Å²) in [7, 11) is 1.43. The normalized spacial score (nSPS) is 33.2. The summed E-state index contributed by atoms with van der Waals surface area (Å²) in [5.74, 6) is -7.99. The summed E-state index contributed by atoms with van der Waals surface area (Å²) in [6, 6.07) is 1.06. The van der Waals surface area contributed by atoms with Gasteiger partial charge in [0.15, 0.2) is 5.75 Å². The molecule has 0 aromatic heterocycles. The molecule has 5 bridgehead atoms. The number of anilines is 1. The topological polar surface area (TPSA) is 201 Å². The molecule has 13 heteroatoms. The van der Waals surface area contributed by atoms with Crippen molar-refractivity contribution in [2.75, 3.05) is 12.4 Å². The number of nitrogens with one attached hydrogen (secondary N) is 1. The summed E-state index contributed by atoms with van der Waals surface area (Å²) in [6.45, 7) is 12.5. The van der Waals surface area contributed by atoms with E-state index in [1.807, 2.05) is 0 Å². The van der Waals surface area contributed by atoms with E-state index in [1.54, 1.807) is 39.8 Å². The number of hydrogen-bond acceptors (Lipinski definition) is 12. The smallest absolute Gasteiger partial charge is 0.312 e. The van der Waals surface area contributed by atoms with Gasteiger partial charge in [0.05, 0.1) is 41.2 Å². The first-order valence-electron chi connectivity index (χ1n) is 16.4. The summed E-state index contributed by atoms with van der Waals surface area (Å²) in [5.41, 5.74) is -0.0929. The second-order valence-corrected chi connectivity index (χ2v) is 13.4. The molecular formula is C37H47NO12. The number of ether oxygens (including phenoxy) is 4. The Morgan fingerprint density at radius 1 is 0.940 bits per heavy atom. The van der Waals surface area contributed by atoms with Crippen molar-refractivity contribution in [3.63, 3.8) is 0 Å². The van der Waals surface area contributed by atoms with E-state index in [9.17, 15) is 39.9 Å². The molecular weight excluding hydrogens is 650 g/mol. The van der Waals surface area contributed by atoms with E-state index in [-0.39, 0.29) is 38.9 Å². The number of Topliss-reactive ketones (excluding diaryl/α,β-unsaturated/α-hetero) is 1. The largest absolute Gasteiger partial charge is 0.507 e. The summed E-state index contributed by atoms with van der Waals surface area (Å²) in [4.78, 5) is 39.2. The highest BCUT2D eigenvalue weighted by molar-refractivity contribution is 6.21. The van der Waals surface area contributed by atoms with Crippen molar-refractivity contribution in [2.45, 2.75) is 85.6 Å². The van der Waals surface area contributed by atoms with Crippen LogP contribution in [0, 0.1) is 30.6 Å². The molecule has 0 unspecified atom stereocenters. The lowest BCUT2D eigenvalue weighted by atomic mass is 9.78. The molecule has 3 aliphatic rings. The van der Waals surface area contributed by atoms with Crippen LogP contribution in [0.25, 0.3) is 10.8 Å². The standard InChI is InChI=1S/C37H47NO12/c1-16-11-10-12-17(2)36(46)38-23-15-24(40)26-27(32(23)44)31(43)21(6)34-28(26)35(45)37(8,50-34)48-14-13-25(47-9)18(3)33(49-22(7)39)20(5)30(42)19(4)29(16)41/h10-16,18-20,25,29-30,33,40-44H,1-9H3,(H,38,46)/b11-10+,14-13+,17-12-/t16-,18+,19+,20-,25-,29-,30+,33+,37-/m0/s1. The molecule has 0 fully saturated rings. The second kappa shape index (κ2) is 14.7. The highest BCUT2D eigenvalue weighted by atomic mass is 16.7. The number of aliphatic hydroxyl groups is 2. The zero-order valence-electron chi connectivity index (χ0n) is 29.7. The van der Waals surface area contributed by atoms with E-state index in [2.05, 4.69) is 5.32 Å². The minimum Gasteiger partial charge on any atom is -0.507 e. The number of carbonyl (C=O) groups excluding carboxylic acids is 3. The Balaban J connectivity index is 1.87. The molecule has 2 aromatic rings. The number of fused-ring (bicyclic) bond motifs is 14. The van der Waals surface area contributed by atoms with Gasteiger partial charge in [0.2, 0.25) is 0 Å². The Morgan fingerprint density at radius 2 is 1.60 bits per heavy atom. The van der Waals surface area contributed by atoms with Crippen molar-refractivity contribution in [1.82, 2.24) is 0 Å². The number of esters is 1. The highest BCUT2D eigenvalue weighted by Gasteiger charge is 2.49.